The summed E-state index contributed by atoms with van der Waals surface area (Å²) >= 11 is 0. The second-order valence-corrected chi connectivity index (χ2v) is 6.00. The predicted octanol–water partition coefficient (Wildman–Crippen LogP) is 3.59. The van der Waals surface area contributed by atoms with Crippen LogP contribution in [0.25, 0.3) is 10.9 Å². The van der Waals surface area contributed by atoms with Crippen molar-refractivity contribution in [3.05, 3.63) is 72.2 Å². The van der Waals surface area contributed by atoms with Gasteiger partial charge in [0.1, 0.15) is 0 Å². The summed E-state index contributed by atoms with van der Waals surface area (Å²) < 4.78 is 0. The average Bonchev–Trinajstić information content (AvgIpc) is 2.69. The summed E-state index contributed by atoms with van der Waals surface area (Å²) in [6.45, 7) is 4.43. The van der Waals surface area contributed by atoms with Gasteiger partial charge in [-0.3, -0.25) is 15.0 Å². The van der Waals surface area contributed by atoms with Crippen molar-refractivity contribution in [3.8, 4) is 0 Å². The average molecular weight is 475 g/mol. The van der Waals surface area contributed by atoms with Crippen LogP contribution in [-0.4, -0.2) is 35.6 Å². The van der Waals surface area contributed by atoms with Gasteiger partial charge in [0.2, 0.25) is 0 Å². The van der Waals surface area contributed by atoms with E-state index in [1.807, 2.05) is 36.7 Å². The van der Waals surface area contributed by atoms with Crippen molar-refractivity contribution in [1.29, 1.82) is 0 Å². The molecular weight excluding hydrogens is 449 g/mol. The third-order valence-electron chi connectivity index (χ3n) is 4.11. The third-order valence-corrected chi connectivity index (χ3v) is 4.11. The molecule has 0 spiro atoms. The van der Waals surface area contributed by atoms with E-state index in [0.29, 0.717) is 6.54 Å². The van der Waals surface area contributed by atoms with E-state index in [9.17, 15) is 0 Å². The lowest BCUT2D eigenvalue weighted by Crippen LogP contribution is -2.38. The number of benzene rings is 1. The summed E-state index contributed by atoms with van der Waals surface area (Å²) in [5, 5.41) is 7.89. The summed E-state index contributed by atoms with van der Waals surface area (Å²) in [6.07, 6.45) is 5.41. The molecule has 5 nitrogen and oxygen atoms in total. The first-order chi connectivity index (χ1) is 12.9. The number of aromatic nitrogens is 2. The molecule has 3 rings (SSSR count). The normalized spacial score (nSPS) is 11.1. The predicted molar refractivity (Wildman–Crippen MR) is 123 cm³/mol. The number of para-hydroxylation sites is 1. The van der Waals surface area contributed by atoms with Crippen LogP contribution in [0.2, 0.25) is 0 Å². The van der Waals surface area contributed by atoms with Crippen LogP contribution in [-0.2, 0) is 12.8 Å². The summed E-state index contributed by atoms with van der Waals surface area (Å²) in [5.41, 5.74) is 3.39. The van der Waals surface area contributed by atoms with Gasteiger partial charge in [0.15, 0.2) is 5.96 Å². The zero-order valence-electron chi connectivity index (χ0n) is 15.6. The highest BCUT2D eigenvalue weighted by Crippen LogP contribution is 2.15. The molecule has 0 aliphatic heterocycles. The maximum atomic E-state index is 4.64. The van der Waals surface area contributed by atoms with Crippen molar-refractivity contribution >= 4 is 40.8 Å². The minimum atomic E-state index is 0. The van der Waals surface area contributed by atoms with Gasteiger partial charge in [-0.05, 0) is 37.1 Å². The molecule has 27 heavy (non-hydrogen) atoms. The number of nitrogens with zero attached hydrogens (tertiary/aromatic N) is 3. The number of halogens is 1. The number of pyridine rings is 2. The van der Waals surface area contributed by atoms with Gasteiger partial charge in [0, 0.05) is 49.5 Å². The molecule has 0 bridgehead atoms. The summed E-state index contributed by atoms with van der Waals surface area (Å²) in [6, 6.07) is 16.4. The lowest BCUT2D eigenvalue weighted by molar-refractivity contribution is 0.795. The van der Waals surface area contributed by atoms with E-state index in [2.05, 4.69) is 56.8 Å². The Kier molecular flexibility index (Phi) is 8.97. The molecule has 0 radical (unpaired) electrons. The molecule has 3 aromatic rings. The fourth-order valence-electron chi connectivity index (χ4n) is 2.85. The first kappa shape index (κ1) is 21.1. The maximum absolute atomic E-state index is 4.64. The number of hydrogen-bond acceptors (Lipinski definition) is 3. The van der Waals surface area contributed by atoms with Crippen LogP contribution >= 0.6 is 24.0 Å². The van der Waals surface area contributed by atoms with Crippen LogP contribution in [0, 0.1) is 0 Å². The van der Waals surface area contributed by atoms with Crippen molar-refractivity contribution in [2.75, 3.05) is 19.6 Å². The van der Waals surface area contributed by atoms with Gasteiger partial charge in [-0.25, -0.2) is 0 Å². The topological polar surface area (TPSA) is 62.2 Å². The third kappa shape index (κ3) is 6.46. The van der Waals surface area contributed by atoms with Crippen LogP contribution in [0.1, 0.15) is 18.2 Å². The van der Waals surface area contributed by atoms with Gasteiger partial charge in [0.25, 0.3) is 0 Å². The molecule has 0 amide bonds. The smallest absolute Gasteiger partial charge is 0.191 e. The van der Waals surface area contributed by atoms with E-state index in [-0.39, 0.29) is 24.0 Å². The highest BCUT2D eigenvalue weighted by atomic mass is 127. The number of nitrogens with one attached hydrogen (secondary N) is 2. The zero-order valence-corrected chi connectivity index (χ0v) is 17.9. The molecule has 0 fully saturated rings. The van der Waals surface area contributed by atoms with Crippen LogP contribution in [0.15, 0.2) is 65.9 Å². The van der Waals surface area contributed by atoms with Gasteiger partial charge in [0.05, 0.1) is 5.52 Å². The van der Waals surface area contributed by atoms with E-state index in [1.165, 1.54) is 10.9 Å². The number of guanidine groups is 1. The number of rotatable bonds is 7. The second-order valence-electron chi connectivity index (χ2n) is 6.00. The second kappa shape index (κ2) is 11.5. The lowest BCUT2D eigenvalue weighted by atomic mass is 10.1. The molecule has 0 atom stereocenters. The lowest BCUT2D eigenvalue weighted by Gasteiger charge is -2.12. The Morgan fingerprint density at radius 3 is 2.59 bits per heavy atom. The van der Waals surface area contributed by atoms with Crippen LogP contribution < -0.4 is 10.6 Å². The Hall–Kier alpha value is -2.22. The van der Waals surface area contributed by atoms with Gasteiger partial charge in [-0.1, -0.05) is 30.3 Å². The molecule has 142 valence electrons. The maximum Gasteiger partial charge on any atom is 0.191 e. The Bertz CT molecular complexity index is 846. The van der Waals surface area contributed by atoms with Gasteiger partial charge in [-0.2, -0.15) is 0 Å². The highest BCUT2D eigenvalue weighted by Gasteiger charge is 2.03. The van der Waals surface area contributed by atoms with Crippen LogP contribution in [0.3, 0.4) is 0 Å². The molecule has 2 N–H and O–H groups in total. The molecule has 0 unspecified atom stereocenters. The summed E-state index contributed by atoms with van der Waals surface area (Å²) in [7, 11) is 0. The van der Waals surface area contributed by atoms with Crippen molar-refractivity contribution in [1.82, 2.24) is 20.6 Å². The Labute approximate surface area is 177 Å². The monoisotopic (exact) mass is 475 g/mol. The van der Waals surface area contributed by atoms with Gasteiger partial charge in [-0.15, -0.1) is 24.0 Å². The van der Waals surface area contributed by atoms with Crippen molar-refractivity contribution in [3.63, 3.8) is 0 Å². The van der Waals surface area contributed by atoms with Gasteiger partial charge < -0.3 is 10.6 Å². The zero-order chi connectivity index (χ0) is 18.0. The first-order valence-corrected chi connectivity index (χ1v) is 9.11. The number of fused-ring (bicyclic) bond motifs is 1. The fraction of sp³-hybridized carbons (Fsp3) is 0.286. The molecule has 0 aliphatic rings. The minimum Gasteiger partial charge on any atom is -0.357 e. The summed E-state index contributed by atoms with van der Waals surface area (Å²) in [4.78, 5) is 13.5. The number of aliphatic imine (C=N–C) groups is 1. The molecule has 2 aromatic heterocycles. The van der Waals surface area contributed by atoms with E-state index < -0.39 is 0 Å². The minimum absolute atomic E-state index is 0. The van der Waals surface area contributed by atoms with Crippen molar-refractivity contribution < 1.29 is 0 Å². The Morgan fingerprint density at radius 2 is 1.78 bits per heavy atom. The molecular formula is C21H26IN5. The molecule has 0 saturated heterocycles. The fourth-order valence-corrected chi connectivity index (χ4v) is 2.85. The molecule has 0 aliphatic carbocycles. The van der Waals surface area contributed by atoms with Crippen LogP contribution in [0.4, 0.5) is 0 Å². The van der Waals surface area contributed by atoms with Crippen LogP contribution in [0.5, 0.6) is 0 Å². The Morgan fingerprint density at radius 1 is 0.926 bits per heavy atom. The molecule has 0 saturated carbocycles. The quantitative estimate of drug-likeness (QED) is 0.312. The van der Waals surface area contributed by atoms with E-state index in [0.717, 1.165) is 43.1 Å². The Balaban J connectivity index is 0.00000261. The molecule has 2 heterocycles. The van der Waals surface area contributed by atoms with E-state index in [4.69, 9.17) is 0 Å². The largest absolute Gasteiger partial charge is 0.357 e. The SMILES string of the molecule is CCNC(=NCCc1ccccn1)NCCc1cccc2cccnc12.I. The van der Waals surface area contributed by atoms with Crippen molar-refractivity contribution in [2.24, 2.45) is 4.99 Å². The number of hydrogen-bond donors (Lipinski definition) is 2. The first-order valence-electron chi connectivity index (χ1n) is 9.11. The molecule has 6 heteroatoms. The summed E-state index contributed by atoms with van der Waals surface area (Å²) in [5.74, 6) is 0.844. The van der Waals surface area contributed by atoms with E-state index in [1.54, 1.807) is 0 Å². The standard InChI is InChI=1S/C21H25N5.HI/c1-2-22-21(26-16-12-19-10-3-4-13-23-19)25-15-11-18-8-5-7-17-9-6-14-24-20(17)18;/h3-10,13-14H,2,11-12,15-16H2,1H3,(H2,22,25,26);1H. The van der Waals surface area contributed by atoms with Gasteiger partial charge >= 0.3 is 0 Å². The highest BCUT2D eigenvalue weighted by molar-refractivity contribution is 14.0. The molecule has 1 aromatic carbocycles. The van der Waals surface area contributed by atoms with E-state index >= 15 is 0 Å². The van der Waals surface area contributed by atoms with Crippen molar-refractivity contribution in [2.45, 2.75) is 19.8 Å².